The summed E-state index contributed by atoms with van der Waals surface area (Å²) in [6, 6.07) is 33.9. The fraction of sp³-hybridized carbons (Fsp3) is 0.152. The van der Waals surface area contributed by atoms with E-state index in [0.717, 1.165) is 39.3 Å². The van der Waals surface area contributed by atoms with Crippen LogP contribution in [-0.2, 0) is 23.5 Å². The molecule has 4 aromatic carbocycles. The van der Waals surface area contributed by atoms with E-state index < -0.39 is 5.60 Å². The van der Waals surface area contributed by atoms with Gasteiger partial charge in [0.15, 0.2) is 0 Å². The molecule has 1 heterocycles. The van der Waals surface area contributed by atoms with E-state index in [4.69, 9.17) is 14.2 Å². The first kappa shape index (κ1) is 26.7. The van der Waals surface area contributed by atoms with Crippen molar-refractivity contribution in [3.8, 4) is 11.5 Å². The summed E-state index contributed by atoms with van der Waals surface area (Å²) in [7, 11) is 3.31. The summed E-state index contributed by atoms with van der Waals surface area (Å²) in [6.45, 7) is 0.710. The lowest BCUT2D eigenvalue weighted by Gasteiger charge is -2.36. The number of benzene rings is 4. The molecular weight excluding hydrogens is 502 g/mol. The van der Waals surface area contributed by atoms with Crippen LogP contribution < -0.4 is 14.8 Å². The summed E-state index contributed by atoms with van der Waals surface area (Å²) in [5, 5.41) is 2.92. The Hall–Kier alpha value is -4.88. The van der Waals surface area contributed by atoms with E-state index in [2.05, 4.69) is 22.4 Å². The van der Waals surface area contributed by atoms with Crippen molar-refractivity contribution in [3.05, 3.63) is 150 Å². The van der Waals surface area contributed by atoms with Gasteiger partial charge in [0, 0.05) is 18.9 Å². The van der Waals surface area contributed by atoms with Crippen LogP contribution in [0.2, 0.25) is 0 Å². The number of hydrogen-bond donors (Lipinski definition) is 1. The molecule has 0 fully saturated rings. The molecule has 0 bridgehead atoms. The number of aromatic nitrogens is 2. The smallest absolute Gasteiger partial charge is 0.327 e. The maximum absolute atomic E-state index is 12.4. The standard InChI is InChI=1S/C33H31N3O4/c1-38-30-15-11-28(12-16-30)33(27-9-4-3-5-10-27,29-13-17-31(39-2)18-14-29)40-23-26-8-6-7-25(21-26)22-35-32(37)36-20-19-34-24-36/h3-21,24H,22-23H2,1-2H3,(H,35,37). The Labute approximate surface area is 234 Å². The lowest BCUT2D eigenvalue weighted by Crippen LogP contribution is -2.33. The molecule has 7 heteroatoms. The summed E-state index contributed by atoms with van der Waals surface area (Å²) in [6.07, 6.45) is 4.66. The molecule has 0 aliphatic heterocycles. The number of amides is 1. The Morgan fingerprint density at radius 1 is 0.775 bits per heavy atom. The third-order valence-electron chi connectivity index (χ3n) is 6.80. The molecule has 0 atom stereocenters. The zero-order valence-electron chi connectivity index (χ0n) is 22.5. The largest absolute Gasteiger partial charge is 0.497 e. The topological polar surface area (TPSA) is 74.6 Å². The molecule has 7 nitrogen and oxygen atoms in total. The van der Waals surface area contributed by atoms with Crippen LogP contribution in [0.15, 0.2) is 122 Å². The van der Waals surface area contributed by atoms with Crippen LogP contribution in [-0.4, -0.2) is 29.8 Å². The molecule has 0 unspecified atom stereocenters. The number of nitrogens with one attached hydrogen (secondary N) is 1. The molecule has 0 radical (unpaired) electrons. The first-order chi connectivity index (χ1) is 19.6. The highest BCUT2D eigenvalue weighted by Gasteiger charge is 2.38. The summed E-state index contributed by atoms with van der Waals surface area (Å²) < 4.78 is 19.3. The van der Waals surface area contributed by atoms with Gasteiger partial charge in [-0.2, -0.15) is 0 Å². The first-order valence-electron chi connectivity index (χ1n) is 12.9. The average molecular weight is 534 g/mol. The number of imidazole rings is 1. The number of carbonyl (C=O) groups excluding carboxylic acids is 1. The van der Waals surface area contributed by atoms with E-state index in [0.29, 0.717) is 13.2 Å². The lowest BCUT2D eigenvalue weighted by molar-refractivity contribution is 0.000167. The second-order valence-corrected chi connectivity index (χ2v) is 9.24. The zero-order valence-corrected chi connectivity index (χ0v) is 22.5. The van der Waals surface area contributed by atoms with Crippen LogP contribution in [0.4, 0.5) is 4.79 Å². The maximum Gasteiger partial charge on any atom is 0.327 e. The summed E-state index contributed by atoms with van der Waals surface area (Å²) in [4.78, 5) is 16.3. The highest BCUT2D eigenvalue weighted by atomic mass is 16.5. The van der Waals surface area contributed by atoms with Crippen molar-refractivity contribution in [2.24, 2.45) is 0 Å². The predicted octanol–water partition coefficient (Wildman–Crippen LogP) is 6.17. The van der Waals surface area contributed by atoms with E-state index in [-0.39, 0.29) is 6.03 Å². The highest BCUT2D eigenvalue weighted by Crippen LogP contribution is 2.42. The van der Waals surface area contributed by atoms with Crippen molar-refractivity contribution < 1.29 is 19.0 Å². The summed E-state index contributed by atoms with van der Waals surface area (Å²) in [5.74, 6) is 1.54. The molecule has 1 aromatic heterocycles. The van der Waals surface area contributed by atoms with Gasteiger partial charge in [-0.05, 0) is 52.1 Å². The molecule has 0 aliphatic carbocycles. The van der Waals surface area contributed by atoms with Gasteiger partial charge in [-0.25, -0.2) is 9.78 Å². The van der Waals surface area contributed by atoms with Crippen molar-refractivity contribution in [2.75, 3.05) is 14.2 Å². The van der Waals surface area contributed by atoms with E-state index in [1.807, 2.05) is 91.0 Å². The Kier molecular flexibility index (Phi) is 8.23. The van der Waals surface area contributed by atoms with Gasteiger partial charge >= 0.3 is 6.03 Å². The monoisotopic (exact) mass is 533 g/mol. The number of methoxy groups -OCH3 is 2. The van der Waals surface area contributed by atoms with Gasteiger partial charge in [0.1, 0.15) is 23.4 Å². The van der Waals surface area contributed by atoms with Crippen molar-refractivity contribution >= 4 is 6.03 Å². The van der Waals surface area contributed by atoms with Crippen LogP contribution in [0.3, 0.4) is 0 Å². The molecule has 0 saturated heterocycles. The molecule has 202 valence electrons. The van der Waals surface area contributed by atoms with Gasteiger partial charge in [-0.15, -0.1) is 0 Å². The van der Waals surface area contributed by atoms with E-state index in [1.54, 1.807) is 26.6 Å². The predicted molar refractivity (Wildman–Crippen MR) is 153 cm³/mol. The second-order valence-electron chi connectivity index (χ2n) is 9.24. The molecule has 1 amide bonds. The Bertz CT molecular complexity index is 1470. The van der Waals surface area contributed by atoms with Gasteiger partial charge in [0.05, 0.1) is 20.8 Å². The number of hydrogen-bond acceptors (Lipinski definition) is 5. The number of nitrogens with zero attached hydrogens (tertiary/aromatic N) is 2. The van der Waals surface area contributed by atoms with Gasteiger partial charge in [-0.1, -0.05) is 78.9 Å². The number of carbonyl (C=O) groups is 1. The van der Waals surface area contributed by atoms with Gasteiger partial charge in [0.2, 0.25) is 0 Å². The quantitative estimate of drug-likeness (QED) is 0.218. The maximum atomic E-state index is 12.4. The van der Waals surface area contributed by atoms with Crippen LogP contribution in [0, 0.1) is 0 Å². The normalized spacial score (nSPS) is 11.2. The Balaban J connectivity index is 1.49. The molecule has 0 aliphatic rings. The zero-order chi connectivity index (χ0) is 27.8. The lowest BCUT2D eigenvalue weighted by atomic mass is 9.80. The van der Waals surface area contributed by atoms with Gasteiger partial charge in [0.25, 0.3) is 0 Å². The third-order valence-corrected chi connectivity index (χ3v) is 6.80. The average Bonchev–Trinajstić information content (AvgIpc) is 3.57. The van der Waals surface area contributed by atoms with Crippen LogP contribution in [0.25, 0.3) is 0 Å². The van der Waals surface area contributed by atoms with Gasteiger partial charge in [-0.3, -0.25) is 4.57 Å². The Morgan fingerprint density at radius 3 is 1.95 bits per heavy atom. The molecule has 5 rings (SSSR count). The molecule has 1 N–H and O–H groups in total. The molecule has 0 spiro atoms. The van der Waals surface area contributed by atoms with Crippen LogP contribution >= 0.6 is 0 Å². The minimum atomic E-state index is -0.911. The number of ether oxygens (including phenoxy) is 3. The van der Waals surface area contributed by atoms with Crippen molar-refractivity contribution in [2.45, 2.75) is 18.8 Å². The Morgan fingerprint density at radius 2 is 1.38 bits per heavy atom. The van der Waals surface area contributed by atoms with E-state index >= 15 is 0 Å². The molecule has 5 aromatic rings. The third kappa shape index (κ3) is 5.75. The van der Waals surface area contributed by atoms with Crippen molar-refractivity contribution in [1.29, 1.82) is 0 Å². The summed E-state index contributed by atoms with van der Waals surface area (Å²) in [5.41, 5.74) is 3.97. The van der Waals surface area contributed by atoms with Crippen LogP contribution in [0.1, 0.15) is 27.8 Å². The first-order valence-corrected chi connectivity index (χ1v) is 12.9. The minimum absolute atomic E-state index is 0.235. The van der Waals surface area contributed by atoms with Crippen LogP contribution in [0.5, 0.6) is 11.5 Å². The minimum Gasteiger partial charge on any atom is -0.497 e. The molecule has 40 heavy (non-hydrogen) atoms. The fourth-order valence-corrected chi connectivity index (χ4v) is 4.74. The van der Waals surface area contributed by atoms with E-state index in [9.17, 15) is 4.79 Å². The number of rotatable bonds is 10. The SMILES string of the molecule is COc1ccc(C(OCc2cccc(CNC(=O)n3ccnc3)c2)(c2ccccc2)c2ccc(OC)cc2)cc1. The van der Waals surface area contributed by atoms with Crippen molar-refractivity contribution in [3.63, 3.8) is 0 Å². The van der Waals surface area contributed by atoms with Gasteiger partial charge < -0.3 is 19.5 Å². The molecular formula is C33H31N3O4. The molecule has 0 saturated carbocycles. The van der Waals surface area contributed by atoms with E-state index in [1.165, 1.54) is 10.9 Å². The highest BCUT2D eigenvalue weighted by molar-refractivity contribution is 5.76. The summed E-state index contributed by atoms with van der Waals surface area (Å²) >= 11 is 0. The second kappa shape index (κ2) is 12.3. The van der Waals surface area contributed by atoms with Crippen molar-refractivity contribution in [1.82, 2.24) is 14.9 Å². The fourth-order valence-electron chi connectivity index (χ4n) is 4.74.